The average molecular weight is 583 g/mol. The van der Waals surface area contributed by atoms with Gasteiger partial charge in [-0.15, -0.1) is 0 Å². The third-order valence-electron chi connectivity index (χ3n) is 9.30. The molecule has 3 aromatic rings. The van der Waals surface area contributed by atoms with Crippen molar-refractivity contribution in [1.82, 2.24) is 19.8 Å². The molecule has 0 saturated carbocycles. The molecule has 0 spiro atoms. The van der Waals surface area contributed by atoms with E-state index in [9.17, 15) is 10.1 Å². The van der Waals surface area contributed by atoms with Gasteiger partial charge in [-0.05, 0) is 73.5 Å². The fourth-order valence-electron chi connectivity index (χ4n) is 7.05. The zero-order valence-corrected chi connectivity index (χ0v) is 25.3. The van der Waals surface area contributed by atoms with Crippen molar-refractivity contribution in [3.63, 3.8) is 0 Å². The number of amides is 1. The molecule has 2 aliphatic heterocycles. The Hall–Kier alpha value is -4.03. The smallest absolute Gasteiger partial charge is 0.319 e. The Morgan fingerprint density at radius 3 is 2.74 bits per heavy atom. The van der Waals surface area contributed by atoms with Crippen molar-refractivity contribution in [2.45, 2.75) is 58.0 Å². The van der Waals surface area contributed by atoms with Crippen LogP contribution in [0.25, 0.3) is 22.0 Å². The minimum absolute atomic E-state index is 0.130. The van der Waals surface area contributed by atoms with Crippen LogP contribution in [0.15, 0.2) is 43.0 Å². The number of benzene rings is 2. The number of likely N-dealkylation sites (N-methyl/N-ethyl adjacent to an activating group) is 1. The first-order valence-electron chi connectivity index (χ1n) is 15.2. The quantitative estimate of drug-likeness (QED) is 0.356. The molecule has 0 bridgehead atoms. The molecule has 2 fully saturated rings. The highest BCUT2D eigenvalue weighted by molar-refractivity contribution is 5.94. The van der Waals surface area contributed by atoms with Gasteiger partial charge in [0, 0.05) is 36.6 Å². The Bertz CT molecular complexity index is 1610. The zero-order chi connectivity index (χ0) is 30.3. The summed E-state index contributed by atoms with van der Waals surface area (Å²) in [5, 5.41) is 10.1. The topological polar surface area (TPSA) is 85.6 Å². The van der Waals surface area contributed by atoms with Crippen LogP contribution in [0.4, 0.5) is 10.2 Å². The number of nitrogens with zero attached hydrogens (tertiary/aromatic N) is 6. The van der Waals surface area contributed by atoms with E-state index in [0.717, 1.165) is 37.8 Å². The minimum Gasteiger partial charge on any atom is -0.462 e. The van der Waals surface area contributed by atoms with Crippen molar-refractivity contribution >= 4 is 22.6 Å². The summed E-state index contributed by atoms with van der Waals surface area (Å²) in [6.45, 7) is 10.8. The van der Waals surface area contributed by atoms with Crippen molar-refractivity contribution in [3.05, 3.63) is 59.9 Å². The molecular formula is C34H39FN6O2. The minimum atomic E-state index is -0.392. The maximum Gasteiger partial charge on any atom is 0.319 e. The molecule has 1 aliphatic carbocycles. The fraction of sp³-hybridized carbons (Fsp3) is 0.471. The molecule has 6 rings (SSSR count). The maximum atomic E-state index is 16.7. The Morgan fingerprint density at radius 1 is 1.16 bits per heavy atom. The van der Waals surface area contributed by atoms with Crippen LogP contribution in [-0.4, -0.2) is 77.6 Å². The molecule has 9 heteroatoms. The number of carbonyl (C=O) groups is 1. The molecule has 1 amide bonds. The second-order valence-corrected chi connectivity index (χ2v) is 12.9. The SMILES string of the molecule is C=CC(=O)N1CCN(c2nc(OC[C@@H]3CCCN3C)nc3c(F)c(-c4cccc5c4CC(C)(C)C5)ccc23)C[C@@H]1CC#N. The van der Waals surface area contributed by atoms with Crippen LogP contribution in [-0.2, 0) is 17.6 Å². The molecule has 8 nitrogen and oxygen atoms in total. The van der Waals surface area contributed by atoms with Crippen molar-refractivity contribution in [2.75, 3.05) is 44.7 Å². The lowest BCUT2D eigenvalue weighted by molar-refractivity contribution is -0.128. The van der Waals surface area contributed by atoms with Gasteiger partial charge in [-0.1, -0.05) is 44.7 Å². The summed E-state index contributed by atoms with van der Waals surface area (Å²) in [6.07, 6.45) is 5.45. The second kappa shape index (κ2) is 11.6. The first kappa shape index (κ1) is 29.1. The van der Waals surface area contributed by atoms with Gasteiger partial charge in [0.2, 0.25) is 5.91 Å². The summed E-state index contributed by atoms with van der Waals surface area (Å²) in [5.74, 6) is -0.0409. The van der Waals surface area contributed by atoms with Crippen LogP contribution < -0.4 is 9.64 Å². The summed E-state index contributed by atoms with van der Waals surface area (Å²) in [4.78, 5) is 28.0. The number of halogens is 1. The Kier molecular flexibility index (Phi) is 7.82. The molecule has 0 radical (unpaired) electrons. The van der Waals surface area contributed by atoms with E-state index >= 15 is 4.39 Å². The molecule has 224 valence electrons. The third-order valence-corrected chi connectivity index (χ3v) is 9.30. The molecule has 3 aliphatic rings. The first-order valence-corrected chi connectivity index (χ1v) is 15.2. The van der Waals surface area contributed by atoms with E-state index < -0.39 is 5.82 Å². The molecule has 2 aromatic carbocycles. The Labute approximate surface area is 252 Å². The van der Waals surface area contributed by atoms with Crippen LogP contribution >= 0.6 is 0 Å². The molecular weight excluding hydrogens is 543 g/mol. The van der Waals surface area contributed by atoms with Crippen molar-refractivity contribution in [1.29, 1.82) is 5.26 Å². The number of anilines is 1. The summed E-state index contributed by atoms with van der Waals surface area (Å²) in [7, 11) is 2.08. The van der Waals surface area contributed by atoms with E-state index in [1.807, 2.05) is 29.2 Å². The molecule has 0 N–H and O–H groups in total. The van der Waals surface area contributed by atoms with E-state index in [-0.39, 0.29) is 41.4 Å². The first-order chi connectivity index (χ1) is 20.7. The predicted molar refractivity (Wildman–Crippen MR) is 165 cm³/mol. The summed E-state index contributed by atoms with van der Waals surface area (Å²) >= 11 is 0. The van der Waals surface area contributed by atoms with Gasteiger partial charge in [-0.2, -0.15) is 15.2 Å². The molecule has 0 unspecified atom stereocenters. The van der Waals surface area contributed by atoms with Crippen molar-refractivity contribution < 1.29 is 13.9 Å². The number of aromatic nitrogens is 2. The van der Waals surface area contributed by atoms with Gasteiger partial charge in [0.25, 0.3) is 0 Å². The van der Waals surface area contributed by atoms with E-state index in [0.29, 0.717) is 43.0 Å². The van der Waals surface area contributed by atoms with Crippen LogP contribution in [0.5, 0.6) is 6.01 Å². The van der Waals surface area contributed by atoms with Gasteiger partial charge in [0.15, 0.2) is 5.82 Å². The summed E-state index contributed by atoms with van der Waals surface area (Å²) in [5.41, 5.74) is 4.24. The van der Waals surface area contributed by atoms with Gasteiger partial charge in [0.1, 0.15) is 17.9 Å². The lowest BCUT2D eigenvalue weighted by Gasteiger charge is -2.41. The predicted octanol–water partition coefficient (Wildman–Crippen LogP) is 5.15. The van der Waals surface area contributed by atoms with Gasteiger partial charge in [-0.25, -0.2) is 4.39 Å². The van der Waals surface area contributed by atoms with Crippen molar-refractivity contribution in [3.8, 4) is 23.2 Å². The summed E-state index contributed by atoms with van der Waals surface area (Å²) < 4.78 is 22.8. The number of carbonyl (C=O) groups excluding carboxylic acids is 1. The fourth-order valence-corrected chi connectivity index (χ4v) is 7.05. The van der Waals surface area contributed by atoms with E-state index in [4.69, 9.17) is 9.72 Å². The number of hydrogen-bond acceptors (Lipinski definition) is 7. The van der Waals surface area contributed by atoms with Crippen LogP contribution in [0.3, 0.4) is 0 Å². The Balaban J connectivity index is 1.43. The standard InChI is InChI=1S/C34H39FN6O2/c1-5-29(42)41-17-16-40(20-23(41)13-14-36)32-27-12-11-26(25-10-6-8-22-18-34(2,3)19-28(22)25)30(35)31(27)37-33(38-32)43-21-24-9-7-15-39(24)4/h5-6,8,10-12,23-24H,1,7,9,13,15-21H2,2-4H3/t23-,24-/m0/s1. The molecule has 2 atom stereocenters. The van der Waals surface area contributed by atoms with Crippen LogP contribution in [0, 0.1) is 22.6 Å². The lowest BCUT2D eigenvalue weighted by Crippen LogP contribution is -2.55. The monoisotopic (exact) mass is 582 g/mol. The zero-order valence-electron chi connectivity index (χ0n) is 25.3. The number of fused-ring (bicyclic) bond motifs is 2. The van der Waals surface area contributed by atoms with E-state index in [1.54, 1.807) is 4.90 Å². The summed E-state index contributed by atoms with van der Waals surface area (Å²) in [6, 6.07) is 12.2. The highest BCUT2D eigenvalue weighted by Gasteiger charge is 2.33. The molecule has 3 heterocycles. The van der Waals surface area contributed by atoms with Gasteiger partial charge in [-0.3, -0.25) is 4.79 Å². The van der Waals surface area contributed by atoms with Gasteiger partial charge >= 0.3 is 6.01 Å². The number of rotatable bonds is 7. The number of hydrogen-bond donors (Lipinski definition) is 0. The highest BCUT2D eigenvalue weighted by atomic mass is 19.1. The highest BCUT2D eigenvalue weighted by Crippen LogP contribution is 2.43. The van der Waals surface area contributed by atoms with Crippen LogP contribution in [0.1, 0.15) is 44.2 Å². The average Bonchev–Trinajstić information content (AvgIpc) is 3.56. The molecule has 1 aromatic heterocycles. The largest absolute Gasteiger partial charge is 0.462 e. The normalized spacial score (nSPS) is 21.6. The van der Waals surface area contributed by atoms with Crippen molar-refractivity contribution in [2.24, 2.45) is 5.41 Å². The number of piperazine rings is 1. The second-order valence-electron chi connectivity index (χ2n) is 12.9. The maximum absolute atomic E-state index is 16.7. The molecule has 2 saturated heterocycles. The lowest BCUT2D eigenvalue weighted by atomic mass is 9.89. The van der Waals surface area contributed by atoms with Crippen LogP contribution in [0.2, 0.25) is 0 Å². The third kappa shape index (κ3) is 5.56. The number of nitriles is 1. The molecule has 43 heavy (non-hydrogen) atoms. The van der Waals surface area contributed by atoms with Gasteiger partial charge < -0.3 is 19.4 Å². The van der Waals surface area contributed by atoms with E-state index in [2.05, 4.69) is 49.5 Å². The number of ether oxygens (including phenoxy) is 1. The Morgan fingerprint density at radius 2 is 2.00 bits per heavy atom. The van der Waals surface area contributed by atoms with E-state index in [1.165, 1.54) is 17.2 Å². The number of likely N-dealkylation sites (tertiary alicyclic amines) is 1. The van der Waals surface area contributed by atoms with Gasteiger partial charge in [0.05, 0.1) is 18.5 Å².